The molecule has 4 rings (SSSR count). The molecule has 0 saturated heterocycles. The zero-order chi connectivity index (χ0) is 38.3. The van der Waals surface area contributed by atoms with Crippen LogP contribution in [0.1, 0.15) is 34.8 Å². The van der Waals surface area contributed by atoms with Gasteiger partial charge in [-0.25, -0.2) is 9.59 Å². The van der Waals surface area contributed by atoms with E-state index in [2.05, 4.69) is 0 Å². The van der Waals surface area contributed by atoms with Crippen LogP contribution in [0.5, 0.6) is 46.0 Å². The standard InChI is InChI=1S/C40H42O13/c1-47-33-20-26(7-13-29(33)41)10-17-38(44)51-19-5-6-25-9-16-32(36(22-25)50-4)53-37(40(46)28-12-15-31(43)35(23-28)49-3)24-52-39(45)18-11-27-8-14-30(42)34(21-27)48-2/h7-18,20-23,37,40-43,46H,5-6,19,24H2,1-4H3/b17-10+,18-11+/t37-,40-/m1/s1. The van der Waals surface area contributed by atoms with Gasteiger partial charge in [0.25, 0.3) is 0 Å². The molecule has 0 heterocycles. The Kier molecular flexibility index (Phi) is 14.4. The molecule has 0 aliphatic rings. The van der Waals surface area contributed by atoms with Gasteiger partial charge in [0.05, 0.1) is 35.0 Å². The molecule has 0 aromatic heterocycles. The molecular weight excluding hydrogens is 688 g/mol. The minimum absolute atomic E-state index is 0.00410. The molecule has 4 N–H and O–H groups in total. The van der Waals surface area contributed by atoms with E-state index in [4.69, 9.17) is 33.2 Å². The van der Waals surface area contributed by atoms with Crippen molar-refractivity contribution in [2.45, 2.75) is 25.0 Å². The fourth-order valence-corrected chi connectivity index (χ4v) is 5.04. The highest BCUT2D eigenvalue weighted by Crippen LogP contribution is 2.35. The van der Waals surface area contributed by atoms with Crippen LogP contribution in [0.15, 0.2) is 84.9 Å². The first-order chi connectivity index (χ1) is 25.5. The van der Waals surface area contributed by atoms with Crippen molar-refractivity contribution in [1.82, 2.24) is 0 Å². The number of esters is 2. The fraction of sp³-hybridized carbons (Fsp3) is 0.250. The normalized spacial score (nSPS) is 12.2. The van der Waals surface area contributed by atoms with Crippen LogP contribution in [0.4, 0.5) is 0 Å². The molecule has 0 spiro atoms. The molecule has 13 heteroatoms. The summed E-state index contributed by atoms with van der Waals surface area (Å²) in [5, 5.41) is 41.0. The zero-order valence-corrected chi connectivity index (χ0v) is 29.7. The van der Waals surface area contributed by atoms with Crippen LogP contribution in [0.2, 0.25) is 0 Å². The van der Waals surface area contributed by atoms with Crippen molar-refractivity contribution >= 4 is 24.1 Å². The summed E-state index contributed by atoms with van der Waals surface area (Å²) in [7, 11) is 5.69. The molecule has 2 atom stereocenters. The highest BCUT2D eigenvalue weighted by molar-refractivity contribution is 5.87. The van der Waals surface area contributed by atoms with Gasteiger partial charge in [-0.3, -0.25) is 0 Å². The molecule has 13 nitrogen and oxygen atoms in total. The highest BCUT2D eigenvalue weighted by Gasteiger charge is 2.27. The third kappa shape index (κ3) is 11.3. The van der Waals surface area contributed by atoms with Crippen molar-refractivity contribution in [3.63, 3.8) is 0 Å². The van der Waals surface area contributed by atoms with Gasteiger partial charge in [-0.05, 0) is 95.8 Å². The topological polar surface area (TPSA) is 180 Å². The van der Waals surface area contributed by atoms with Gasteiger partial charge < -0.3 is 53.6 Å². The van der Waals surface area contributed by atoms with Crippen molar-refractivity contribution in [3.05, 3.63) is 107 Å². The monoisotopic (exact) mass is 730 g/mol. The highest BCUT2D eigenvalue weighted by atomic mass is 16.6. The predicted molar refractivity (Wildman–Crippen MR) is 195 cm³/mol. The molecule has 0 aliphatic heterocycles. The van der Waals surface area contributed by atoms with Gasteiger partial charge in [-0.1, -0.05) is 24.3 Å². The minimum atomic E-state index is -1.34. The number of aliphatic hydroxyl groups is 1. The third-order valence-corrected chi connectivity index (χ3v) is 7.88. The first kappa shape index (κ1) is 39.4. The number of hydrogen-bond acceptors (Lipinski definition) is 13. The Labute approximate surface area is 306 Å². The van der Waals surface area contributed by atoms with Gasteiger partial charge >= 0.3 is 11.9 Å². The first-order valence-electron chi connectivity index (χ1n) is 16.4. The summed E-state index contributed by atoms with van der Waals surface area (Å²) in [5.74, 6) is -0.151. The summed E-state index contributed by atoms with van der Waals surface area (Å²) in [5.41, 5.74) is 2.42. The number of carbonyl (C=O) groups excluding carboxylic acids is 2. The smallest absolute Gasteiger partial charge is 0.330 e. The number of methoxy groups -OCH3 is 4. The number of aliphatic hydroxyl groups excluding tert-OH is 1. The van der Waals surface area contributed by atoms with Gasteiger partial charge in [0.2, 0.25) is 0 Å². The number of phenols is 3. The maximum absolute atomic E-state index is 12.7. The van der Waals surface area contributed by atoms with Crippen molar-refractivity contribution in [2.24, 2.45) is 0 Å². The first-order valence-corrected chi connectivity index (χ1v) is 16.4. The number of rotatable bonds is 18. The average molecular weight is 731 g/mol. The van der Waals surface area contributed by atoms with Crippen LogP contribution >= 0.6 is 0 Å². The Balaban J connectivity index is 1.41. The summed E-state index contributed by atoms with van der Waals surface area (Å²) in [6.07, 6.45) is 4.10. The summed E-state index contributed by atoms with van der Waals surface area (Å²) in [6, 6.07) is 18.8. The van der Waals surface area contributed by atoms with Crippen molar-refractivity contribution in [2.75, 3.05) is 41.7 Å². The van der Waals surface area contributed by atoms with Gasteiger partial charge in [0.1, 0.15) is 12.7 Å². The van der Waals surface area contributed by atoms with Crippen LogP contribution in [0.3, 0.4) is 0 Å². The van der Waals surface area contributed by atoms with Crippen LogP contribution in [0, 0.1) is 0 Å². The van der Waals surface area contributed by atoms with E-state index in [0.29, 0.717) is 35.3 Å². The van der Waals surface area contributed by atoms with Crippen LogP contribution in [-0.4, -0.2) is 80.1 Å². The number of ether oxygens (including phenoxy) is 7. The Bertz CT molecular complexity index is 1920. The molecule has 0 unspecified atom stereocenters. The third-order valence-electron chi connectivity index (χ3n) is 7.88. The molecule has 0 amide bonds. The van der Waals surface area contributed by atoms with E-state index in [-0.39, 0.29) is 53.5 Å². The molecule has 0 bridgehead atoms. The zero-order valence-electron chi connectivity index (χ0n) is 29.7. The van der Waals surface area contributed by atoms with Gasteiger partial charge in [-0.15, -0.1) is 0 Å². The fourth-order valence-electron chi connectivity index (χ4n) is 5.04. The summed E-state index contributed by atoms with van der Waals surface area (Å²) < 4.78 is 37.9. The van der Waals surface area contributed by atoms with E-state index in [1.807, 2.05) is 0 Å². The Morgan fingerprint density at radius 2 is 1.15 bits per heavy atom. The maximum Gasteiger partial charge on any atom is 0.330 e. The van der Waals surface area contributed by atoms with Crippen LogP contribution in [-0.2, 0) is 25.5 Å². The molecule has 0 fully saturated rings. The van der Waals surface area contributed by atoms with E-state index in [1.165, 1.54) is 77.0 Å². The number of benzene rings is 4. The van der Waals surface area contributed by atoms with Gasteiger partial charge in [0.15, 0.2) is 52.1 Å². The molecule has 53 heavy (non-hydrogen) atoms. The lowest BCUT2D eigenvalue weighted by atomic mass is 10.0. The number of aryl methyl sites for hydroxylation is 1. The minimum Gasteiger partial charge on any atom is -0.504 e. The summed E-state index contributed by atoms with van der Waals surface area (Å²) in [4.78, 5) is 24.9. The van der Waals surface area contributed by atoms with Crippen molar-refractivity contribution in [1.29, 1.82) is 0 Å². The maximum atomic E-state index is 12.7. The van der Waals surface area contributed by atoms with E-state index in [1.54, 1.807) is 48.5 Å². The van der Waals surface area contributed by atoms with Crippen LogP contribution < -0.4 is 23.7 Å². The van der Waals surface area contributed by atoms with E-state index < -0.39 is 24.1 Å². The van der Waals surface area contributed by atoms with Gasteiger partial charge in [0, 0.05) is 12.2 Å². The Morgan fingerprint density at radius 1 is 0.623 bits per heavy atom. The van der Waals surface area contributed by atoms with Crippen LogP contribution in [0.25, 0.3) is 12.2 Å². The van der Waals surface area contributed by atoms with Crippen molar-refractivity contribution in [3.8, 4) is 46.0 Å². The van der Waals surface area contributed by atoms with E-state index in [0.717, 1.165) is 5.56 Å². The second kappa shape index (κ2) is 19.3. The second-order valence-electron chi connectivity index (χ2n) is 11.4. The lowest BCUT2D eigenvalue weighted by molar-refractivity contribution is -0.142. The number of phenolic OH excluding ortho intramolecular Hbond substituents is 3. The molecule has 280 valence electrons. The Morgan fingerprint density at radius 3 is 1.72 bits per heavy atom. The van der Waals surface area contributed by atoms with Gasteiger partial charge in [-0.2, -0.15) is 0 Å². The van der Waals surface area contributed by atoms with E-state index in [9.17, 15) is 30.0 Å². The largest absolute Gasteiger partial charge is 0.504 e. The quantitative estimate of drug-likeness (QED) is 0.0552. The number of carbonyl (C=O) groups is 2. The SMILES string of the molecule is COc1cc(/C=C/C(=O)OCCCc2ccc(O[C@H](COC(=O)/C=C/c3ccc(O)c(OC)c3)[C@H](O)c3ccc(O)c(OC)c3)c(OC)c2)ccc1O. The molecule has 0 saturated carbocycles. The molecular formula is C40H42O13. The number of aromatic hydroxyl groups is 3. The lowest BCUT2D eigenvalue weighted by Gasteiger charge is -2.25. The predicted octanol–water partition coefficient (Wildman–Crippen LogP) is 5.76. The Hall–Kier alpha value is -6.34. The molecule has 0 aliphatic carbocycles. The average Bonchev–Trinajstić information content (AvgIpc) is 3.17. The second-order valence-corrected chi connectivity index (χ2v) is 11.4. The molecule has 4 aromatic carbocycles. The summed E-state index contributed by atoms with van der Waals surface area (Å²) >= 11 is 0. The number of hydrogen-bond donors (Lipinski definition) is 4. The van der Waals surface area contributed by atoms with E-state index >= 15 is 0 Å². The lowest BCUT2D eigenvalue weighted by Crippen LogP contribution is -2.31. The van der Waals surface area contributed by atoms with Crippen molar-refractivity contribution < 1.29 is 63.2 Å². The molecule has 0 radical (unpaired) electrons. The molecule has 4 aromatic rings. The summed E-state index contributed by atoms with van der Waals surface area (Å²) in [6.45, 7) is -0.218.